The van der Waals surface area contributed by atoms with Crippen LogP contribution < -0.4 is 5.32 Å². The van der Waals surface area contributed by atoms with Gasteiger partial charge in [-0.25, -0.2) is 4.79 Å². The lowest BCUT2D eigenvalue weighted by molar-refractivity contribution is -0.137. The van der Waals surface area contributed by atoms with Crippen LogP contribution in [0.2, 0.25) is 0 Å². The molecule has 2 amide bonds. The number of hydrogen-bond donors (Lipinski definition) is 1. The lowest BCUT2D eigenvalue weighted by Crippen LogP contribution is -2.39. The molecule has 1 aliphatic heterocycles. The summed E-state index contributed by atoms with van der Waals surface area (Å²) in [6.07, 6.45) is -2.03. The second-order valence-corrected chi connectivity index (χ2v) is 6.64. The van der Waals surface area contributed by atoms with E-state index in [0.717, 1.165) is 25.0 Å². The topological polar surface area (TPSA) is 58.6 Å². The number of ether oxygens (including phenoxy) is 1. The minimum atomic E-state index is -4.39. The fourth-order valence-electron chi connectivity index (χ4n) is 3.10. The van der Waals surface area contributed by atoms with Crippen molar-refractivity contribution in [2.75, 3.05) is 19.7 Å². The van der Waals surface area contributed by atoms with Gasteiger partial charge < -0.3 is 15.0 Å². The number of carbonyl (C=O) groups excluding carboxylic acids is 2. The van der Waals surface area contributed by atoms with Gasteiger partial charge in [-0.2, -0.15) is 13.2 Å². The molecule has 0 radical (unpaired) electrons. The van der Waals surface area contributed by atoms with Gasteiger partial charge in [0.1, 0.15) is 0 Å². The van der Waals surface area contributed by atoms with Crippen molar-refractivity contribution in [2.45, 2.75) is 45.3 Å². The van der Waals surface area contributed by atoms with Gasteiger partial charge >= 0.3 is 12.3 Å². The second kappa shape index (κ2) is 9.62. The maximum atomic E-state index is 12.7. The lowest BCUT2D eigenvalue weighted by Gasteiger charge is -2.31. The Hall–Kier alpha value is -2.25. The van der Waals surface area contributed by atoms with Gasteiger partial charge in [-0.15, -0.1) is 0 Å². The van der Waals surface area contributed by atoms with E-state index < -0.39 is 11.7 Å². The van der Waals surface area contributed by atoms with E-state index >= 15 is 0 Å². The SMILES string of the molecule is CCOC(=O)N1CCC(CCC(=O)NCc2cccc(C(F)(F)F)c2)CC1. The summed E-state index contributed by atoms with van der Waals surface area (Å²) in [6, 6.07) is 4.95. The normalized spacial score (nSPS) is 15.5. The van der Waals surface area contributed by atoms with E-state index in [0.29, 0.717) is 44.0 Å². The first-order chi connectivity index (χ1) is 12.8. The maximum Gasteiger partial charge on any atom is 0.416 e. The molecular formula is C19H25F3N2O3. The second-order valence-electron chi connectivity index (χ2n) is 6.64. The van der Waals surface area contributed by atoms with Crippen molar-refractivity contribution in [3.63, 3.8) is 0 Å². The summed E-state index contributed by atoms with van der Waals surface area (Å²) >= 11 is 0. The molecule has 8 heteroatoms. The molecule has 0 spiro atoms. The van der Waals surface area contributed by atoms with Gasteiger partial charge in [0.05, 0.1) is 12.2 Å². The van der Waals surface area contributed by atoms with E-state index in [-0.39, 0.29) is 18.5 Å². The van der Waals surface area contributed by atoms with E-state index in [9.17, 15) is 22.8 Å². The Morgan fingerprint density at radius 2 is 1.96 bits per heavy atom. The van der Waals surface area contributed by atoms with Crippen molar-refractivity contribution in [1.82, 2.24) is 10.2 Å². The minimum absolute atomic E-state index is 0.0735. The number of carbonyl (C=O) groups is 2. The third-order valence-corrected chi connectivity index (χ3v) is 4.66. The predicted molar refractivity (Wildman–Crippen MR) is 93.8 cm³/mol. The van der Waals surface area contributed by atoms with Gasteiger partial charge in [0.25, 0.3) is 0 Å². The number of nitrogens with zero attached hydrogens (tertiary/aromatic N) is 1. The molecule has 150 valence electrons. The Morgan fingerprint density at radius 1 is 1.26 bits per heavy atom. The van der Waals surface area contributed by atoms with Crippen molar-refractivity contribution >= 4 is 12.0 Å². The minimum Gasteiger partial charge on any atom is -0.450 e. The van der Waals surface area contributed by atoms with E-state index in [1.807, 2.05) is 0 Å². The molecule has 5 nitrogen and oxygen atoms in total. The van der Waals surface area contributed by atoms with Crippen LogP contribution in [0.5, 0.6) is 0 Å². The van der Waals surface area contributed by atoms with Crippen molar-refractivity contribution in [3.8, 4) is 0 Å². The number of likely N-dealkylation sites (tertiary alicyclic amines) is 1. The fraction of sp³-hybridized carbons (Fsp3) is 0.579. The first-order valence-electron chi connectivity index (χ1n) is 9.14. The van der Waals surface area contributed by atoms with Gasteiger partial charge in [-0.05, 0) is 49.8 Å². The smallest absolute Gasteiger partial charge is 0.416 e. The molecule has 1 aliphatic rings. The number of nitrogens with one attached hydrogen (secondary N) is 1. The van der Waals surface area contributed by atoms with Crippen LogP contribution in [-0.4, -0.2) is 36.6 Å². The van der Waals surface area contributed by atoms with Crippen LogP contribution >= 0.6 is 0 Å². The number of rotatable bonds is 6. The zero-order valence-corrected chi connectivity index (χ0v) is 15.3. The van der Waals surface area contributed by atoms with Gasteiger partial charge in [0.2, 0.25) is 5.91 Å². The maximum absolute atomic E-state index is 12.7. The molecule has 0 atom stereocenters. The molecule has 0 bridgehead atoms. The average Bonchev–Trinajstić information content (AvgIpc) is 2.65. The monoisotopic (exact) mass is 386 g/mol. The number of alkyl halides is 3. The summed E-state index contributed by atoms with van der Waals surface area (Å²) in [5.74, 6) is 0.176. The summed E-state index contributed by atoms with van der Waals surface area (Å²) < 4.78 is 43.1. The first kappa shape index (κ1) is 21.1. The highest BCUT2D eigenvalue weighted by Crippen LogP contribution is 2.29. The zero-order chi connectivity index (χ0) is 19.9. The molecule has 27 heavy (non-hydrogen) atoms. The number of benzene rings is 1. The Labute approximate surface area is 156 Å². The zero-order valence-electron chi connectivity index (χ0n) is 15.3. The highest BCUT2D eigenvalue weighted by molar-refractivity contribution is 5.75. The van der Waals surface area contributed by atoms with Gasteiger partial charge in [-0.3, -0.25) is 4.79 Å². The third kappa shape index (κ3) is 6.77. The highest BCUT2D eigenvalue weighted by atomic mass is 19.4. The van der Waals surface area contributed by atoms with Gasteiger partial charge in [-0.1, -0.05) is 12.1 Å². The first-order valence-corrected chi connectivity index (χ1v) is 9.14. The number of piperidine rings is 1. The molecule has 1 saturated heterocycles. The summed E-state index contributed by atoms with van der Waals surface area (Å²) in [6.45, 7) is 3.43. The molecule has 1 heterocycles. The van der Waals surface area contributed by atoms with Gasteiger partial charge in [0, 0.05) is 26.1 Å². The molecule has 1 N–H and O–H groups in total. The lowest BCUT2D eigenvalue weighted by atomic mass is 9.92. The van der Waals surface area contributed by atoms with E-state index in [1.165, 1.54) is 6.07 Å². The predicted octanol–water partition coefficient (Wildman–Crippen LogP) is 3.97. The highest BCUT2D eigenvalue weighted by Gasteiger charge is 2.30. The molecule has 1 aromatic rings. The summed E-state index contributed by atoms with van der Waals surface area (Å²) in [5.41, 5.74) is -0.302. The quantitative estimate of drug-likeness (QED) is 0.805. The Balaban J connectivity index is 1.69. The van der Waals surface area contributed by atoms with Crippen LogP contribution in [0.15, 0.2) is 24.3 Å². The standard InChI is InChI=1S/C19H25F3N2O3/c1-2-27-18(26)24-10-8-14(9-11-24)6-7-17(25)23-13-15-4-3-5-16(12-15)19(20,21)22/h3-5,12,14H,2,6-11,13H2,1H3,(H,23,25). The Morgan fingerprint density at radius 3 is 2.59 bits per heavy atom. The summed E-state index contributed by atoms with van der Waals surface area (Å²) in [4.78, 5) is 25.3. The molecule has 2 rings (SSSR count). The van der Waals surface area contributed by atoms with Crippen molar-refractivity contribution < 1.29 is 27.5 Å². The van der Waals surface area contributed by atoms with Crippen LogP contribution in [0.3, 0.4) is 0 Å². The van der Waals surface area contributed by atoms with Crippen molar-refractivity contribution in [3.05, 3.63) is 35.4 Å². The van der Waals surface area contributed by atoms with E-state index in [4.69, 9.17) is 4.74 Å². The molecule has 0 aromatic heterocycles. The van der Waals surface area contributed by atoms with Crippen LogP contribution in [-0.2, 0) is 22.3 Å². The Bertz CT molecular complexity index is 641. The van der Waals surface area contributed by atoms with Crippen LogP contribution in [0, 0.1) is 5.92 Å². The molecular weight excluding hydrogens is 361 g/mol. The fourth-order valence-corrected chi connectivity index (χ4v) is 3.10. The van der Waals surface area contributed by atoms with E-state index in [1.54, 1.807) is 17.9 Å². The molecule has 0 aliphatic carbocycles. The molecule has 1 fully saturated rings. The molecule has 1 aromatic carbocycles. The van der Waals surface area contributed by atoms with Crippen molar-refractivity contribution in [2.24, 2.45) is 5.92 Å². The summed E-state index contributed by atoms with van der Waals surface area (Å²) in [7, 11) is 0. The number of hydrogen-bond acceptors (Lipinski definition) is 3. The van der Waals surface area contributed by atoms with Crippen LogP contribution in [0.25, 0.3) is 0 Å². The van der Waals surface area contributed by atoms with Gasteiger partial charge in [0.15, 0.2) is 0 Å². The number of halogens is 3. The molecule has 0 unspecified atom stereocenters. The van der Waals surface area contributed by atoms with Crippen LogP contribution in [0.1, 0.15) is 43.7 Å². The van der Waals surface area contributed by atoms with E-state index in [2.05, 4.69) is 5.32 Å². The third-order valence-electron chi connectivity index (χ3n) is 4.66. The van der Waals surface area contributed by atoms with Crippen LogP contribution in [0.4, 0.5) is 18.0 Å². The summed E-state index contributed by atoms with van der Waals surface area (Å²) in [5, 5.41) is 2.67. The largest absolute Gasteiger partial charge is 0.450 e. The Kier molecular flexibility index (Phi) is 7.50. The number of amides is 2. The molecule has 0 saturated carbocycles. The average molecular weight is 386 g/mol. The van der Waals surface area contributed by atoms with Crippen molar-refractivity contribution in [1.29, 1.82) is 0 Å².